The van der Waals surface area contributed by atoms with Crippen molar-refractivity contribution in [2.24, 2.45) is 0 Å². The van der Waals surface area contributed by atoms with Crippen LogP contribution in [0.1, 0.15) is 18.9 Å². The van der Waals surface area contributed by atoms with E-state index in [0.717, 1.165) is 0 Å². The van der Waals surface area contributed by atoms with Gasteiger partial charge in [0, 0.05) is 10.6 Å². The van der Waals surface area contributed by atoms with E-state index in [9.17, 15) is 18.7 Å². The second-order valence-electron chi connectivity index (χ2n) is 5.27. The van der Waals surface area contributed by atoms with Gasteiger partial charge in [0.15, 0.2) is 0 Å². The summed E-state index contributed by atoms with van der Waals surface area (Å²) in [5, 5.41) is 13.1. The lowest BCUT2D eigenvalue weighted by Crippen LogP contribution is -2.28. The highest BCUT2D eigenvalue weighted by atomic mass is 32.2. The molecule has 122 valence electrons. The van der Waals surface area contributed by atoms with Gasteiger partial charge in [-0.15, -0.1) is 0 Å². The minimum atomic E-state index is -2.51. The van der Waals surface area contributed by atoms with E-state index >= 15 is 0 Å². The number of alkyl halides is 2. The average molecular weight is 337 g/mol. The number of rotatable bonds is 6. The van der Waals surface area contributed by atoms with Gasteiger partial charge >= 0.3 is 0 Å². The maximum atomic E-state index is 12.4. The number of thioether (sulfide) groups is 1. The van der Waals surface area contributed by atoms with Crippen LogP contribution in [0.15, 0.2) is 59.5 Å². The first-order valence-electron chi connectivity index (χ1n) is 6.99. The molecular weight excluding hydrogens is 320 g/mol. The minimum Gasteiger partial charge on any atom is -0.385 e. The van der Waals surface area contributed by atoms with Crippen LogP contribution in [0.2, 0.25) is 0 Å². The fourth-order valence-electron chi connectivity index (χ4n) is 2.17. The first-order chi connectivity index (χ1) is 10.9. The van der Waals surface area contributed by atoms with Crippen molar-refractivity contribution in [2.45, 2.75) is 29.6 Å². The van der Waals surface area contributed by atoms with Gasteiger partial charge in [0.2, 0.25) is 5.91 Å². The Balaban J connectivity index is 2.02. The molecule has 0 aliphatic heterocycles. The van der Waals surface area contributed by atoms with Crippen LogP contribution in [0, 0.1) is 0 Å². The third kappa shape index (κ3) is 5.33. The summed E-state index contributed by atoms with van der Waals surface area (Å²) >= 11 is 0.416. The average Bonchev–Trinajstić information content (AvgIpc) is 2.47. The third-order valence-corrected chi connectivity index (χ3v) is 3.95. The fraction of sp³-hybridized carbons (Fsp3) is 0.235. The quantitative estimate of drug-likeness (QED) is 0.775. The van der Waals surface area contributed by atoms with Crippen LogP contribution in [0.3, 0.4) is 0 Å². The summed E-state index contributed by atoms with van der Waals surface area (Å²) in [6, 6.07) is 15.1. The summed E-state index contributed by atoms with van der Waals surface area (Å²) in [7, 11) is 0. The molecule has 2 aromatic rings. The Morgan fingerprint density at radius 2 is 1.91 bits per heavy atom. The fourth-order valence-corrected chi connectivity index (χ4v) is 2.73. The van der Waals surface area contributed by atoms with Crippen molar-refractivity contribution in [1.29, 1.82) is 0 Å². The molecule has 0 saturated heterocycles. The Hall–Kier alpha value is -1.92. The zero-order valence-corrected chi connectivity index (χ0v) is 13.3. The second-order valence-corrected chi connectivity index (χ2v) is 6.33. The van der Waals surface area contributed by atoms with E-state index in [1.165, 1.54) is 6.07 Å². The Bertz CT molecular complexity index is 663. The van der Waals surface area contributed by atoms with E-state index in [1.807, 2.05) is 6.07 Å². The first-order valence-corrected chi connectivity index (χ1v) is 7.87. The summed E-state index contributed by atoms with van der Waals surface area (Å²) in [6.07, 6.45) is -0.136. The van der Waals surface area contributed by atoms with Crippen molar-refractivity contribution < 1.29 is 18.7 Å². The number of benzene rings is 2. The Morgan fingerprint density at radius 1 is 1.22 bits per heavy atom. The summed E-state index contributed by atoms with van der Waals surface area (Å²) in [4.78, 5) is 12.5. The van der Waals surface area contributed by atoms with Gasteiger partial charge in [0.1, 0.15) is 0 Å². The van der Waals surface area contributed by atoms with Gasteiger partial charge < -0.3 is 10.4 Å². The first kappa shape index (κ1) is 17.4. The van der Waals surface area contributed by atoms with E-state index in [-0.39, 0.29) is 6.42 Å². The number of carbonyl (C=O) groups is 1. The van der Waals surface area contributed by atoms with Crippen molar-refractivity contribution in [1.82, 2.24) is 0 Å². The van der Waals surface area contributed by atoms with E-state index < -0.39 is 17.3 Å². The number of carbonyl (C=O) groups excluding carboxylic acids is 1. The van der Waals surface area contributed by atoms with Gasteiger partial charge in [-0.1, -0.05) is 48.2 Å². The smallest absolute Gasteiger partial charge is 0.288 e. The van der Waals surface area contributed by atoms with Gasteiger partial charge in [-0.05, 0) is 30.7 Å². The maximum Gasteiger partial charge on any atom is 0.288 e. The molecule has 0 aromatic heterocycles. The molecule has 0 bridgehead atoms. The summed E-state index contributed by atoms with van der Waals surface area (Å²) in [5.74, 6) is -2.90. The summed E-state index contributed by atoms with van der Waals surface area (Å²) in [6.45, 7) is 1.56. The monoisotopic (exact) mass is 337 g/mol. The summed E-state index contributed by atoms with van der Waals surface area (Å²) < 4.78 is 24.7. The topological polar surface area (TPSA) is 49.3 Å². The summed E-state index contributed by atoms with van der Waals surface area (Å²) in [5.41, 5.74) is -0.248. The predicted molar refractivity (Wildman–Crippen MR) is 87.6 cm³/mol. The van der Waals surface area contributed by atoms with Crippen molar-refractivity contribution in [3.8, 4) is 0 Å². The van der Waals surface area contributed by atoms with Crippen LogP contribution < -0.4 is 5.32 Å². The van der Waals surface area contributed by atoms with Crippen molar-refractivity contribution >= 4 is 23.4 Å². The molecular formula is C17H17F2NO2S. The van der Waals surface area contributed by atoms with Crippen LogP contribution in [-0.2, 0) is 10.4 Å². The van der Waals surface area contributed by atoms with Crippen LogP contribution in [0.4, 0.5) is 14.5 Å². The van der Waals surface area contributed by atoms with Gasteiger partial charge in [0.05, 0.1) is 12.0 Å². The number of nitrogens with one attached hydrogen (secondary N) is 1. The minimum absolute atomic E-state index is 0.136. The van der Waals surface area contributed by atoms with Crippen molar-refractivity contribution in [2.75, 3.05) is 5.32 Å². The zero-order valence-electron chi connectivity index (χ0n) is 12.5. The standard InChI is InChI=1S/C17H17F2NO2S/c1-17(22,12-6-3-2-4-7-12)11-15(21)20-13-8-5-9-14(10-13)23-16(18)19/h2-10,16,22H,11H2,1H3,(H,20,21). The van der Waals surface area contributed by atoms with E-state index in [4.69, 9.17) is 0 Å². The molecule has 1 amide bonds. The molecule has 0 fully saturated rings. The molecule has 0 spiro atoms. The van der Waals surface area contributed by atoms with Crippen molar-refractivity contribution in [3.63, 3.8) is 0 Å². The predicted octanol–water partition coefficient (Wildman–Crippen LogP) is 4.24. The second kappa shape index (κ2) is 7.57. The molecule has 0 aliphatic carbocycles. The van der Waals surface area contributed by atoms with Gasteiger partial charge in [-0.2, -0.15) is 8.78 Å². The van der Waals surface area contributed by atoms with Crippen LogP contribution in [0.25, 0.3) is 0 Å². The highest BCUT2D eigenvalue weighted by Crippen LogP contribution is 2.28. The zero-order chi connectivity index (χ0) is 16.9. The Labute approximate surface area is 137 Å². The number of anilines is 1. The SMILES string of the molecule is CC(O)(CC(=O)Nc1cccc(SC(F)F)c1)c1ccccc1. The molecule has 0 heterocycles. The number of hydrogen-bond donors (Lipinski definition) is 2. The number of aliphatic hydroxyl groups is 1. The molecule has 2 aromatic carbocycles. The molecule has 2 rings (SSSR count). The highest BCUT2D eigenvalue weighted by molar-refractivity contribution is 7.99. The molecule has 3 nitrogen and oxygen atoms in total. The van der Waals surface area contributed by atoms with Crippen molar-refractivity contribution in [3.05, 3.63) is 60.2 Å². The van der Waals surface area contributed by atoms with Gasteiger partial charge in [-0.3, -0.25) is 4.79 Å². The van der Waals surface area contributed by atoms with E-state index in [1.54, 1.807) is 49.4 Å². The molecule has 6 heteroatoms. The van der Waals surface area contributed by atoms with Crippen LogP contribution in [-0.4, -0.2) is 16.8 Å². The molecule has 1 unspecified atom stereocenters. The lowest BCUT2D eigenvalue weighted by atomic mass is 9.92. The normalized spacial score (nSPS) is 13.6. The maximum absolute atomic E-state index is 12.4. The molecule has 1 atom stereocenters. The lowest BCUT2D eigenvalue weighted by molar-refractivity contribution is -0.120. The van der Waals surface area contributed by atoms with Crippen LogP contribution >= 0.6 is 11.8 Å². The highest BCUT2D eigenvalue weighted by Gasteiger charge is 2.26. The van der Waals surface area contributed by atoms with Crippen LogP contribution in [0.5, 0.6) is 0 Å². The molecule has 0 radical (unpaired) electrons. The van der Waals surface area contributed by atoms with Gasteiger partial charge in [-0.25, -0.2) is 0 Å². The lowest BCUT2D eigenvalue weighted by Gasteiger charge is -2.23. The largest absolute Gasteiger partial charge is 0.385 e. The van der Waals surface area contributed by atoms with E-state index in [0.29, 0.717) is 27.9 Å². The number of amides is 1. The number of halogens is 2. The number of hydrogen-bond acceptors (Lipinski definition) is 3. The molecule has 2 N–H and O–H groups in total. The Morgan fingerprint density at radius 3 is 2.57 bits per heavy atom. The molecule has 0 saturated carbocycles. The van der Waals surface area contributed by atoms with Gasteiger partial charge in [0.25, 0.3) is 5.76 Å². The third-order valence-electron chi connectivity index (χ3n) is 3.24. The molecule has 0 aliphatic rings. The van der Waals surface area contributed by atoms with E-state index in [2.05, 4.69) is 5.32 Å². The Kier molecular flexibility index (Phi) is 5.74. The molecule has 23 heavy (non-hydrogen) atoms.